The average molecular weight is 311 g/mol. The Morgan fingerprint density at radius 3 is 2.78 bits per heavy atom. The van der Waals surface area contributed by atoms with E-state index in [1.54, 1.807) is 12.1 Å². The summed E-state index contributed by atoms with van der Waals surface area (Å²) in [5, 5.41) is 13.6. The maximum atomic E-state index is 13.4. The van der Waals surface area contributed by atoms with Crippen LogP contribution in [0.25, 0.3) is 0 Å². The molecule has 0 radical (unpaired) electrons. The van der Waals surface area contributed by atoms with Crippen molar-refractivity contribution >= 4 is 17.4 Å². The van der Waals surface area contributed by atoms with Gasteiger partial charge in [0, 0.05) is 11.1 Å². The van der Waals surface area contributed by atoms with Gasteiger partial charge in [-0.1, -0.05) is 30.3 Å². The molecule has 4 nitrogen and oxygen atoms in total. The van der Waals surface area contributed by atoms with Crippen LogP contribution < -0.4 is 5.32 Å². The number of Topliss-reactive ketones (excluding diaryl/α,β-unsaturated/α-hetero) is 1. The Morgan fingerprint density at radius 1 is 1.17 bits per heavy atom. The molecule has 116 valence electrons. The van der Waals surface area contributed by atoms with Crippen LogP contribution in [-0.4, -0.2) is 16.8 Å². The van der Waals surface area contributed by atoms with E-state index >= 15 is 0 Å². The Morgan fingerprint density at radius 2 is 1.96 bits per heavy atom. The second-order valence-electron chi connectivity index (χ2n) is 6.02. The highest BCUT2D eigenvalue weighted by Gasteiger charge is 2.54. The van der Waals surface area contributed by atoms with Crippen LogP contribution in [0.4, 0.5) is 10.1 Å². The van der Waals surface area contributed by atoms with Gasteiger partial charge in [0.2, 0.25) is 0 Å². The first kappa shape index (κ1) is 14.1. The van der Waals surface area contributed by atoms with E-state index < -0.39 is 23.2 Å². The van der Waals surface area contributed by atoms with Crippen molar-refractivity contribution in [1.29, 1.82) is 0 Å². The molecule has 2 aromatic rings. The number of benzene rings is 2. The number of carbonyl (C=O) groups is 2. The number of aryl methyl sites for hydroxylation is 1. The monoisotopic (exact) mass is 311 g/mol. The molecule has 0 unspecified atom stereocenters. The highest BCUT2D eigenvalue weighted by Crippen LogP contribution is 2.45. The molecule has 2 N–H and O–H groups in total. The first-order chi connectivity index (χ1) is 11.0. The number of halogens is 1. The zero-order valence-electron chi connectivity index (χ0n) is 12.2. The van der Waals surface area contributed by atoms with Gasteiger partial charge in [-0.2, -0.15) is 0 Å². The third-order valence-corrected chi connectivity index (χ3v) is 4.79. The molecule has 2 atom stereocenters. The van der Waals surface area contributed by atoms with Gasteiger partial charge >= 0.3 is 0 Å². The van der Waals surface area contributed by atoms with E-state index in [0.29, 0.717) is 18.4 Å². The van der Waals surface area contributed by atoms with Gasteiger partial charge < -0.3 is 10.4 Å². The lowest BCUT2D eigenvalue weighted by atomic mass is 9.71. The number of hydrogen-bond acceptors (Lipinski definition) is 3. The molecule has 4 rings (SSSR count). The van der Waals surface area contributed by atoms with Crippen LogP contribution in [0.2, 0.25) is 0 Å². The minimum absolute atomic E-state index is 0.226. The van der Waals surface area contributed by atoms with E-state index in [1.165, 1.54) is 12.1 Å². The molecule has 0 bridgehead atoms. The number of amides is 1. The van der Waals surface area contributed by atoms with Crippen LogP contribution in [0.5, 0.6) is 0 Å². The quantitative estimate of drug-likeness (QED) is 0.850. The Labute approximate surface area is 131 Å². The van der Waals surface area contributed by atoms with Crippen LogP contribution in [0.1, 0.15) is 27.9 Å². The predicted octanol–water partition coefficient (Wildman–Crippen LogP) is 2.41. The number of rotatable bonds is 1. The van der Waals surface area contributed by atoms with Gasteiger partial charge in [-0.05, 0) is 30.5 Å². The minimum Gasteiger partial charge on any atom is -0.375 e. The van der Waals surface area contributed by atoms with E-state index in [0.717, 1.165) is 11.6 Å². The van der Waals surface area contributed by atoms with Crippen molar-refractivity contribution in [1.82, 2.24) is 0 Å². The first-order valence-corrected chi connectivity index (χ1v) is 7.48. The molecule has 23 heavy (non-hydrogen) atoms. The highest BCUT2D eigenvalue weighted by molar-refractivity contribution is 6.11. The molecular weight excluding hydrogens is 297 g/mol. The van der Waals surface area contributed by atoms with Gasteiger partial charge in [0.25, 0.3) is 5.91 Å². The maximum absolute atomic E-state index is 13.4. The Balaban J connectivity index is 1.82. The smallest absolute Gasteiger partial charge is 0.261 e. The predicted molar refractivity (Wildman–Crippen MR) is 81.5 cm³/mol. The lowest BCUT2D eigenvalue weighted by Crippen LogP contribution is -2.47. The first-order valence-electron chi connectivity index (χ1n) is 7.48. The summed E-state index contributed by atoms with van der Waals surface area (Å²) in [7, 11) is 0. The fourth-order valence-corrected chi connectivity index (χ4v) is 3.63. The van der Waals surface area contributed by atoms with Crippen molar-refractivity contribution in [2.75, 3.05) is 5.32 Å². The van der Waals surface area contributed by atoms with Crippen LogP contribution in [-0.2, 0) is 16.8 Å². The molecule has 5 heteroatoms. The van der Waals surface area contributed by atoms with Crippen molar-refractivity contribution in [3.8, 4) is 0 Å². The highest BCUT2D eigenvalue weighted by atomic mass is 19.1. The van der Waals surface area contributed by atoms with Crippen molar-refractivity contribution in [3.63, 3.8) is 0 Å². The molecule has 1 amide bonds. The fourth-order valence-electron chi connectivity index (χ4n) is 3.63. The van der Waals surface area contributed by atoms with Crippen molar-refractivity contribution < 1.29 is 19.1 Å². The van der Waals surface area contributed by atoms with Crippen LogP contribution >= 0.6 is 0 Å². The molecule has 2 aromatic carbocycles. The molecule has 0 aromatic heterocycles. The molecule has 1 aliphatic carbocycles. The average Bonchev–Trinajstić information content (AvgIpc) is 2.79. The maximum Gasteiger partial charge on any atom is 0.261 e. The van der Waals surface area contributed by atoms with Gasteiger partial charge in [0.1, 0.15) is 5.82 Å². The van der Waals surface area contributed by atoms with Gasteiger partial charge in [-0.15, -0.1) is 0 Å². The number of nitrogens with one attached hydrogen (secondary N) is 1. The third-order valence-electron chi connectivity index (χ3n) is 4.79. The second-order valence-corrected chi connectivity index (χ2v) is 6.02. The van der Waals surface area contributed by atoms with E-state index in [1.807, 2.05) is 12.1 Å². The van der Waals surface area contributed by atoms with Gasteiger partial charge in [-0.25, -0.2) is 4.39 Å². The second kappa shape index (κ2) is 4.73. The summed E-state index contributed by atoms with van der Waals surface area (Å²) in [6, 6.07) is 10.9. The number of fused-ring (bicyclic) bond motifs is 2. The summed E-state index contributed by atoms with van der Waals surface area (Å²) in [6.45, 7) is 0. The summed E-state index contributed by atoms with van der Waals surface area (Å²) < 4.78 is 13.4. The lowest BCUT2D eigenvalue weighted by Gasteiger charge is -2.33. The molecule has 1 aliphatic heterocycles. The molecule has 0 fully saturated rings. The molecule has 0 saturated carbocycles. The van der Waals surface area contributed by atoms with Crippen molar-refractivity contribution in [2.45, 2.75) is 18.4 Å². The fraction of sp³-hybridized carbons (Fsp3) is 0.222. The summed E-state index contributed by atoms with van der Waals surface area (Å²) >= 11 is 0. The van der Waals surface area contributed by atoms with E-state index in [4.69, 9.17) is 0 Å². The molecular formula is C18H14FNO3. The summed E-state index contributed by atoms with van der Waals surface area (Å²) in [4.78, 5) is 25.2. The topological polar surface area (TPSA) is 66.4 Å². The number of aliphatic hydroxyl groups is 1. The number of carbonyl (C=O) groups excluding carboxylic acids is 2. The van der Waals surface area contributed by atoms with E-state index in [-0.39, 0.29) is 17.0 Å². The van der Waals surface area contributed by atoms with Crippen molar-refractivity contribution in [3.05, 3.63) is 65.0 Å². The van der Waals surface area contributed by atoms with Gasteiger partial charge in [-0.3, -0.25) is 9.59 Å². The zero-order valence-corrected chi connectivity index (χ0v) is 12.2. The number of hydrogen-bond donors (Lipinski definition) is 2. The molecule has 2 aliphatic rings. The molecule has 1 heterocycles. The number of anilines is 1. The van der Waals surface area contributed by atoms with Crippen LogP contribution in [0.3, 0.4) is 0 Å². The SMILES string of the molecule is O=C1c2ccccc2CC[C@@H]1[C@]1(O)C(=O)Nc2cc(F)ccc21. The summed E-state index contributed by atoms with van der Waals surface area (Å²) in [5.41, 5.74) is 0.00889. The largest absolute Gasteiger partial charge is 0.375 e. The Bertz CT molecular complexity index is 848. The van der Waals surface area contributed by atoms with Crippen molar-refractivity contribution in [2.24, 2.45) is 5.92 Å². The number of ketones is 1. The van der Waals surface area contributed by atoms with Gasteiger partial charge in [0.15, 0.2) is 11.4 Å². The van der Waals surface area contributed by atoms with E-state index in [9.17, 15) is 19.1 Å². The summed E-state index contributed by atoms with van der Waals surface area (Å²) in [5.74, 6) is -2.30. The van der Waals surface area contributed by atoms with Gasteiger partial charge in [0.05, 0.1) is 11.6 Å². The Hall–Kier alpha value is -2.53. The molecule has 0 saturated heterocycles. The lowest BCUT2D eigenvalue weighted by molar-refractivity contribution is -0.138. The third kappa shape index (κ3) is 1.86. The van der Waals surface area contributed by atoms with Crippen LogP contribution in [0, 0.1) is 11.7 Å². The minimum atomic E-state index is -1.95. The van der Waals surface area contributed by atoms with Crippen LogP contribution in [0.15, 0.2) is 42.5 Å². The van der Waals surface area contributed by atoms with E-state index in [2.05, 4.69) is 5.32 Å². The standard InChI is InChI=1S/C18H14FNO3/c19-11-6-8-13-15(9-11)20-17(22)18(13,23)14-7-5-10-3-1-2-4-12(10)16(14)21/h1-4,6,8-9,14,23H,5,7H2,(H,20,22)/t14-,18-/m0/s1. The molecule has 0 spiro atoms. The zero-order chi connectivity index (χ0) is 16.2. The Kier molecular flexibility index (Phi) is 2.90. The summed E-state index contributed by atoms with van der Waals surface area (Å²) in [6.07, 6.45) is 0.981. The normalized spacial score (nSPS) is 25.7.